The molecule has 0 aromatic carbocycles. The Bertz CT molecular complexity index is 885. The van der Waals surface area contributed by atoms with Gasteiger partial charge in [-0.1, -0.05) is 6.07 Å². The summed E-state index contributed by atoms with van der Waals surface area (Å²) >= 11 is 0. The molecule has 1 aliphatic heterocycles. The number of β-amino-alcohol motifs (C(OH)–C–C–N with tert-alkyl or cyclic N) is 1. The summed E-state index contributed by atoms with van der Waals surface area (Å²) in [7, 11) is 0. The van der Waals surface area contributed by atoms with Gasteiger partial charge in [0.15, 0.2) is 17.4 Å². The highest BCUT2D eigenvalue weighted by Crippen LogP contribution is 2.17. The SMILES string of the molecule is O=C(c1coc(Cc2ccc(-n3nccn3)nc2)n1)N1C[C@@H](O)[C@H](F)C1. The molecule has 4 rings (SSSR count). The van der Waals surface area contributed by atoms with Gasteiger partial charge in [-0.25, -0.2) is 14.4 Å². The zero-order valence-corrected chi connectivity index (χ0v) is 13.6. The molecule has 1 N–H and O–H groups in total. The molecule has 10 heteroatoms. The van der Waals surface area contributed by atoms with E-state index < -0.39 is 18.2 Å². The average molecular weight is 358 g/mol. The van der Waals surface area contributed by atoms with Crippen LogP contribution in [0.5, 0.6) is 0 Å². The molecular formula is C16H15FN6O3. The zero-order valence-electron chi connectivity index (χ0n) is 13.6. The number of pyridine rings is 1. The molecule has 0 spiro atoms. The predicted molar refractivity (Wildman–Crippen MR) is 85.3 cm³/mol. The van der Waals surface area contributed by atoms with Crippen LogP contribution in [-0.4, -0.2) is 66.2 Å². The van der Waals surface area contributed by atoms with Crippen LogP contribution < -0.4 is 0 Å². The van der Waals surface area contributed by atoms with Crippen molar-refractivity contribution in [1.82, 2.24) is 29.9 Å². The first kappa shape index (κ1) is 16.3. The number of likely N-dealkylation sites (tertiary alicyclic amines) is 1. The molecule has 0 unspecified atom stereocenters. The van der Waals surface area contributed by atoms with E-state index in [4.69, 9.17) is 4.42 Å². The number of carbonyl (C=O) groups is 1. The lowest BCUT2D eigenvalue weighted by atomic mass is 10.2. The Morgan fingerprint density at radius 3 is 2.77 bits per heavy atom. The highest BCUT2D eigenvalue weighted by atomic mass is 19.1. The van der Waals surface area contributed by atoms with Crippen LogP contribution in [0.4, 0.5) is 4.39 Å². The fourth-order valence-corrected chi connectivity index (χ4v) is 2.71. The molecule has 26 heavy (non-hydrogen) atoms. The lowest BCUT2D eigenvalue weighted by molar-refractivity contribution is 0.0758. The van der Waals surface area contributed by atoms with Crippen molar-refractivity contribution in [2.75, 3.05) is 13.1 Å². The van der Waals surface area contributed by atoms with Crippen molar-refractivity contribution < 1.29 is 18.7 Å². The maximum Gasteiger partial charge on any atom is 0.276 e. The highest BCUT2D eigenvalue weighted by Gasteiger charge is 2.35. The number of hydrogen-bond donors (Lipinski definition) is 1. The molecule has 1 aliphatic rings. The molecule has 9 nitrogen and oxygen atoms in total. The maximum absolute atomic E-state index is 13.4. The summed E-state index contributed by atoms with van der Waals surface area (Å²) in [6.45, 7) is -0.190. The normalized spacial score (nSPS) is 19.8. The van der Waals surface area contributed by atoms with Gasteiger partial charge in [0.05, 0.1) is 31.9 Å². The zero-order chi connectivity index (χ0) is 18.1. The first-order chi connectivity index (χ1) is 12.6. The Kier molecular flexibility index (Phi) is 4.17. The number of rotatable bonds is 4. The van der Waals surface area contributed by atoms with E-state index in [1.165, 1.54) is 16.0 Å². The number of carbonyl (C=O) groups excluding carboxylic acids is 1. The van der Waals surface area contributed by atoms with Gasteiger partial charge < -0.3 is 14.4 Å². The van der Waals surface area contributed by atoms with Gasteiger partial charge in [0.1, 0.15) is 18.5 Å². The number of nitrogens with zero attached hydrogens (tertiary/aromatic N) is 6. The van der Waals surface area contributed by atoms with Crippen LogP contribution in [0.3, 0.4) is 0 Å². The summed E-state index contributed by atoms with van der Waals surface area (Å²) < 4.78 is 18.7. The second-order valence-corrected chi connectivity index (χ2v) is 5.94. The van der Waals surface area contributed by atoms with Crippen molar-refractivity contribution in [3.63, 3.8) is 0 Å². The van der Waals surface area contributed by atoms with Gasteiger partial charge in [0, 0.05) is 6.20 Å². The summed E-state index contributed by atoms with van der Waals surface area (Å²) in [5, 5.41) is 17.4. The van der Waals surface area contributed by atoms with Crippen LogP contribution >= 0.6 is 0 Å². The first-order valence-electron chi connectivity index (χ1n) is 7.97. The predicted octanol–water partition coefficient (Wildman–Crippen LogP) is 0.396. The van der Waals surface area contributed by atoms with E-state index in [0.717, 1.165) is 5.56 Å². The Balaban J connectivity index is 1.43. The number of halogens is 1. The molecule has 0 saturated carbocycles. The molecule has 0 bridgehead atoms. The highest BCUT2D eigenvalue weighted by molar-refractivity contribution is 5.92. The van der Waals surface area contributed by atoms with E-state index >= 15 is 0 Å². The largest absolute Gasteiger partial charge is 0.448 e. The fraction of sp³-hybridized carbons (Fsp3) is 0.312. The molecule has 0 aliphatic carbocycles. The number of aromatic nitrogens is 5. The minimum absolute atomic E-state index is 0.0466. The van der Waals surface area contributed by atoms with Gasteiger partial charge in [-0.3, -0.25) is 4.79 Å². The summed E-state index contributed by atoms with van der Waals surface area (Å²) in [6.07, 6.45) is 3.77. The molecule has 0 radical (unpaired) electrons. The van der Waals surface area contributed by atoms with Crippen LogP contribution in [-0.2, 0) is 6.42 Å². The second kappa shape index (κ2) is 6.64. The minimum Gasteiger partial charge on any atom is -0.448 e. The van der Waals surface area contributed by atoms with Crippen molar-refractivity contribution in [3.8, 4) is 5.82 Å². The topological polar surface area (TPSA) is 110 Å². The molecule has 3 aromatic heterocycles. The Morgan fingerprint density at radius 1 is 1.31 bits per heavy atom. The third-order valence-electron chi connectivity index (χ3n) is 4.07. The summed E-state index contributed by atoms with van der Waals surface area (Å²) in [4.78, 5) is 23.3. The number of aliphatic hydroxyl groups is 1. The van der Waals surface area contributed by atoms with Crippen molar-refractivity contribution in [2.24, 2.45) is 0 Å². The molecule has 3 aromatic rings. The standard InChI is InChI=1S/C16H15FN6O3/c17-11-7-22(8-13(11)24)16(25)12-9-26-15(21-12)5-10-1-2-14(18-6-10)23-19-3-4-20-23/h1-4,6,9,11,13,24H,5,7-8H2/t11-,13-/m1/s1. The lowest BCUT2D eigenvalue weighted by Gasteiger charge is -2.12. The van der Waals surface area contributed by atoms with Crippen molar-refractivity contribution in [3.05, 3.63) is 54.1 Å². The van der Waals surface area contributed by atoms with Crippen LogP contribution in [0.15, 0.2) is 41.4 Å². The Labute approximate surface area is 147 Å². The van der Waals surface area contributed by atoms with E-state index in [1.54, 1.807) is 24.7 Å². The van der Waals surface area contributed by atoms with Gasteiger partial charge >= 0.3 is 0 Å². The Morgan fingerprint density at radius 2 is 2.12 bits per heavy atom. The third-order valence-corrected chi connectivity index (χ3v) is 4.07. The molecular weight excluding hydrogens is 343 g/mol. The monoisotopic (exact) mass is 358 g/mol. The van der Waals surface area contributed by atoms with Gasteiger partial charge in [-0.15, -0.1) is 4.80 Å². The molecule has 4 heterocycles. The molecule has 134 valence electrons. The maximum atomic E-state index is 13.4. The summed E-state index contributed by atoms with van der Waals surface area (Å²) in [5.74, 6) is 0.462. The first-order valence-corrected chi connectivity index (χ1v) is 7.97. The number of amides is 1. The fourth-order valence-electron chi connectivity index (χ4n) is 2.71. The van der Waals surface area contributed by atoms with Gasteiger partial charge in [-0.05, 0) is 11.6 Å². The Hall–Kier alpha value is -3.14. The van der Waals surface area contributed by atoms with Gasteiger partial charge in [0.2, 0.25) is 0 Å². The quantitative estimate of drug-likeness (QED) is 0.718. The van der Waals surface area contributed by atoms with Crippen LogP contribution in [0.25, 0.3) is 5.82 Å². The number of alkyl halides is 1. The van der Waals surface area contributed by atoms with Crippen LogP contribution in [0.2, 0.25) is 0 Å². The third kappa shape index (κ3) is 3.18. The number of oxazole rings is 1. The number of aliphatic hydroxyl groups excluding tert-OH is 1. The van der Waals surface area contributed by atoms with E-state index in [1.807, 2.05) is 6.07 Å². The minimum atomic E-state index is -1.43. The average Bonchev–Trinajstić information content (AvgIpc) is 3.38. The molecule has 1 fully saturated rings. The molecule has 2 atom stereocenters. The summed E-state index contributed by atoms with van der Waals surface area (Å²) in [5.41, 5.74) is 0.925. The van der Waals surface area contributed by atoms with Crippen molar-refractivity contribution >= 4 is 5.91 Å². The molecule has 1 amide bonds. The lowest BCUT2D eigenvalue weighted by Crippen LogP contribution is -2.29. The van der Waals surface area contributed by atoms with E-state index in [-0.39, 0.29) is 18.8 Å². The van der Waals surface area contributed by atoms with Crippen LogP contribution in [0, 0.1) is 0 Å². The summed E-state index contributed by atoms with van der Waals surface area (Å²) in [6, 6.07) is 3.60. The van der Waals surface area contributed by atoms with E-state index in [9.17, 15) is 14.3 Å². The van der Waals surface area contributed by atoms with Gasteiger partial charge in [0.25, 0.3) is 5.91 Å². The van der Waals surface area contributed by atoms with E-state index in [0.29, 0.717) is 18.1 Å². The molecule has 1 saturated heterocycles. The smallest absolute Gasteiger partial charge is 0.276 e. The van der Waals surface area contributed by atoms with Crippen LogP contribution in [0.1, 0.15) is 21.9 Å². The van der Waals surface area contributed by atoms with E-state index in [2.05, 4.69) is 20.2 Å². The van der Waals surface area contributed by atoms with Crippen molar-refractivity contribution in [2.45, 2.75) is 18.7 Å². The van der Waals surface area contributed by atoms with Crippen molar-refractivity contribution in [1.29, 1.82) is 0 Å². The van der Waals surface area contributed by atoms with Gasteiger partial charge in [-0.2, -0.15) is 10.2 Å². The second-order valence-electron chi connectivity index (χ2n) is 5.94. The number of hydrogen-bond acceptors (Lipinski definition) is 7.